The molecule has 144 valence electrons. The molecule has 0 saturated carbocycles. The zero-order valence-electron chi connectivity index (χ0n) is 16.4. The fraction of sp³-hybridized carbons (Fsp3) is 0.250. The van der Waals surface area contributed by atoms with Crippen LogP contribution in [0.1, 0.15) is 42.9 Å². The number of aromatic nitrogens is 1. The van der Waals surface area contributed by atoms with Crippen LogP contribution in [0.5, 0.6) is 5.75 Å². The molecule has 2 aromatic carbocycles. The fourth-order valence-corrected chi connectivity index (χ4v) is 2.92. The van der Waals surface area contributed by atoms with Gasteiger partial charge in [0.1, 0.15) is 5.75 Å². The number of amides is 1. The molecule has 0 radical (unpaired) electrons. The molecule has 0 spiro atoms. The molecule has 1 atom stereocenters. The number of benzene rings is 2. The van der Waals surface area contributed by atoms with Crippen molar-refractivity contribution < 1.29 is 9.53 Å². The Morgan fingerprint density at radius 1 is 0.964 bits per heavy atom. The third-order valence-corrected chi connectivity index (χ3v) is 4.83. The Hall–Kier alpha value is -3.14. The third-order valence-electron chi connectivity index (χ3n) is 4.83. The molecule has 0 aliphatic rings. The lowest BCUT2D eigenvalue weighted by Gasteiger charge is -2.11. The van der Waals surface area contributed by atoms with E-state index in [4.69, 9.17) is 4.74 Å². The molecule has 1 amide bonds. The Balaban J connectivity index is 1.48. The van der Waals surface area contributed by atoms with Crippen LogP contribution in [0.2, 0.25) is 0 Å². The maximum absolute atomic E-state index is 12.1. The second-order valence-corrected chi connectivity index (χ2v) is 6.94. The number of hydrogen-bond donors (Lipinski definition) is 1. The van der Waals surface area contributed by atoms with Gasteiger partial charge in [-0.3, -0.25) is 9.78 Å². The normalized spacial score (nSPS) is 11.6. The lowest BCUT2D eigenvalue weighted by molar-refractivity contribution is -0.118. The highest BCUT2D eigenvalue weighted by molar-refractivity contribution is 5.91. The average Bonchev–Trinajstić information content (AvgIpc) is 2.74. The van der Waals surface area contributed by atoms with Gasteiger partial charge in [-0.1, -0.05) is 38.1 Å². The van der Waals surface area contributed by atoms with Crippen LogP contribution in [0.15, 0.2) is 73.1 Å². The summed E-state index contributed by atoms with van der Waals surface area (Å²) < 4.78 is 5.59. The Bertz CT molecular complexity index is 875. The number of pyridine rings is 1. The van der Waals surface area contributed by atoms with Crippen molar-refractivity contribution in [3.8, 4) is 5.75 Å². The zero-order chi connectivity index (χ0) is 19.8. The molecule has 0 fully saturated rings. The maximum Gasteiger partial charge on any atom is 0.262 e. The summed E-state index contributed by atoms with van der Waals surface area (Å²) in [7, 11) is 0. The molecular formula is C24H26N2O2. The van der Waals surface area contributed by atoms with E-state index in [1.807, 2.05) is 48.5 Å². The monoisotopic (exact) mass is 374 g/mol. The first kappa shape index (κ1) is 19.6. The van der Waals surface area contributed by atoms with E-state index in [0.29, 0.717) is 11.7 Å². The van der Waals surface area contributed by atoms with E-state index in [1.165, 1.54) is 16.7 Å². The largest absolute Gasteiger partial charge is 0.484 e. The van der Waals surface area contributed by atoms with Crippen molar-refractivity contribution >= 4 is 11.6 Å². The summed E-state index contributed by atoms with van der Waals surface area (Å²) in [6.45, 7) is 4.36. The summed E-state index contributed by atoms with van der Waals surface area (Å²) in [6.07, 6.45) is 5.53. The van der Waals surface area contributed by atoms with Crippen molar-refractivity contribution in [1.82, 2.24) is 4.98 Å². The first-order valence-corrected chi connectivity index (χ1v) is 9.64. The number of nitrogens with zero attached hydrogens (tertiary/aromatic N) is 1. The van der Waals surface area contributed by atoms with E-state index in [9.17, 15) is 4.79 Å². The average molecular weight is 374 g/mol. The van der Waals surface area contributed by atoms with Gasteiger partial charge in [-0.2, -0.15) is 0 Å². The molecular weight excluding hydrogens is 348 g/mol. The van der Waals surface area contributed by atoms with Crippen LogP contribution in [0.25, 0.3) is 0 Å². The predicted molar refractivity (Wildman–Crippen MR) is 113 cm³/mol. The quantitative estimate of drug-likeness (QED) is 0.589. The van der Waals surface area contributed by atoms with Gasteiger partial charge < -0.3 is 10.1 Å². The molecule has 0 saturated heterocycles. The van der Waals surface area contributed by atoms with E-state index < -0.39 is 0 Å². The second-order valence-electron chi connectivity index (χ2n) is 6.94. The van der Waals surface area contributed by atoms with E-state index in [-0.39, 0.29) is 12.5 Å². The van der Waals surface area contributed by atoms with Gasteiger partial charge in [0, 0.05) is 18.1 Å². The molecule has 1 N–H and O–H groups in total. The first-order valence-electron chi connectivity index (χ1n) is 9.64. The van der Waals surface area contributed by atoms with Gasteiger partial charge >= 0.3 is 0 Å². The van der Waals surface area contributed by atoms with E-state index in [1.54, 1.807) is 12.4 Å². The lowest BCUT2D eigenvalue weighted by Crippen LogP contribution is -2.20. The highest BCUT2D eigenvalue weighted by Crippen LogP contribution is 2.21. The minimum atomic E-state index is -0.173. The third kappa shape index (κ3) is 5.68. The van der Waals surface area contributed by atoms with E-state index in [0.717, 1.165) is 18.5 Å². The van der Waals surface area contributed by atoms with Crippen LogP contribution >= 0.6 is 0 Å². The van der Waals surface area contributed by atoms with E-state index in [2.05, 4.69) is 36.3 Å². The summed E-state index contributed by atoms with van der Waals surface area (Å²) >= 11 is 0. The summed E-state index contributed by atoms with van der Waals surface area (Å²) in [6, 6.07) is 19.8. The molecule has 3 rings (SSSR count). The Morgan fingerprint density at radius 2 is 1.61 bits per heavy atom. The number of carbonyl (C=O) groups is 1. The van der Waals surface area contributed by atoms with Crippen molar-refractivity contribution in [2.24, 2.45) is 0 Å². The Kier molecular flexibility index (Phi) is 6.79. The zero-order valence-corrected chi connectivity index (χ0v) is 16.4. The summed E-state index contributed by atoms with van der Waals surface area (Å²) in [5, 5.41) is 2.87. The standard InChI is InChI=1S/C24H26N2O2/c1-3-18(2)21-6-10-23(11-7-21)28-17-24(27)26-22-8-4-19(5-9-22)16-20-12-14-25-15-13-20/h4-15,18H,3,16-17H2,1-2H3,(H,26,27)/t18-/m0/s1. The van der Waals surface area contributed by atoms with Gasteiger partial charge in [0.15, 0.2) is 6.61 Å². The SMILES string of the molecule is CC[C@H](C)c1ccc(OCC(=O)Nc2ccc(Cc3ccncc3)cc2)cc1. The number of ether oxygens (including phenoxy) is 1. The molecule has 3 aromatic rings. The molecule has 0 aliphatic carbocycles. The van der Waals surface area contributed by atoms with Crippen molar-refractivity contribution in [2.75, 3.05) is 11.9 Å². The molecule has 4 nitrogen and oxygen atoms in total. The summed E-state index contributed by atoms with van der Waals surface area (Å²) in [4.78, 5) is 16.2. The van der Waals surface area contributed by atoms with Crippen LogP contribution < -0.4 is 10.1 Å². The molecule has 1 aromatic heterocycles. The molecule has 1 heterocycles. The predicted octanol–water partition coefficient (Wildman–Crippen LogP) is 5.20. The Labute approximate surface area is 166 Å². The number of anilines is 1. The molecule has 0 bridgehead atoms. The lowest BCUT2D eigenvalue weighted by atomic mass is 9.99. The highest BCUT2D eigenvalue weighted by atomic mass is 16.5. The maximum atomic E-state index is 12.1. The van der Waals surface area contributed by atoms with Crippen LogP contribution in [-0.4, -0.2) is 17.5 Å². The summed E-state index contributed by atoms with van der Waals surface area (Å²) in [5.41, 5.74) is 4.44. The van der Waals surface area contributed by atoms with Crippen LogP contribution in [0.3, 0.4) is 0 Å². The fourth-order valence-electron chi connectivity index (χ4n) is 2.92. The molecule has 0 aliphatic heterocycles. The van der Waals surface area contributed by atoms with Gasteiger partial charge in [0.05, 0.1) is 0 Å². The van der Waals surface area contributed by atoms with Crippen molar-refractivity contribution in [3.63, 3.8) is 0 Å². The van der Waals surface area contributed by atoms with Crippen molar-refractivity contribution in [3.05, 3.63) is 89.7 Å². The highest BCUT2D eigenvalue weighted by Gasteiger charge is 2.06. The number of hydrogen-bond acceptors (Lipinski definition) is 3. The van der Waals surface area contributed by atoms with E-state index >= 15 is 0 Å². The number of carbonyl (C=O) groups excluding carboxylic acids is 1. The number of nitrogens with one attached hydrogen (secondary N) is 1. The second kappa shape index (κ2) is 9.70. The number of rotatable bonds is 8. The van der Waals surface area contributed by atoms with Crippen LogP contribution in [-0.2, 0) is 11.2 Å². The van der Waals surface area contributed by atoms with Crippen molar-refractivity contribution in [1.29, 1.82) is 0 Å². The smallest absolute Gasteiger partial charge is 0.262 e. The summed E-state index contributed by atoms with van der Waals surface area (Å²) in [5.74, 6) is 1.06. The van der Waals surface area contributed by atoms with Crippen LogP contribution in [0.4, 0.5) is 5.69 Å². The van der Waals surface area contributed by atoms with Gasteiger partial charge in [-0.25, -0.2) is 0 Å². The molecule has 0 unspecified atom stereocenters. The van der Waals surface area contributed by atoms with Gasteiger partial charge in [-0.05, 0) is 71.8 Å². The minimum Gasteiger partial charge on any atom is -0.484 e. The van der Waals surface area contributed by atoms with Gasteiger partial charge in [0.2, 0.25) is 0 Å². The first-order chi connectivity index (χ1) is 13.6. The molecule has 28 heavy (non-hydrogen) atoms. The van der Waals surface area contributed by atoms with Crippen LogP contribution in [0, 0.1) is 0 Å². The topological polar surface area (TPSA) is 51.2 Å². The minimum absolute atomic E-state index is 0.0125. The van der Waals surface area contributed by atoms with Gasteiger partial charge in [0.25, 0.3) is 5.91 Å². The van der Waals surface area contributed by atoms with Crippen molar-refractivity contribution in [2.45, 2.75) is 32.6 Å². The van der Waals surface area contributed by atoms with Gasteiger partial charge in [-0.15, -0.1) is 0 Å². The Morgan fingerprint density at radius 3 is 2.25 bits per heavy atom. The molecule has 4 heteroatoms.